The van der Waals surface area contributed by atoms with Gasteiger partial charge < -0.3 is 10.1 Å². The van der Waals surface area contributed by atoms with E-state index in [1.165, 1.54) is 12.4 Å². The molecule has 19 heavy (non-hydrogen) atoms. The van der Waals surface area contributed by atoms with Crippen LogP contribution in [0.2, 0.25) is 5.02 Å². The van der Waals surface area contributed by atoms with Crippen LogP contribution in [0.1, 0.15) is 12.5 Å². The summed E-state index contributed by atoms with van der Waals surface area (Å²) in [7, 11) is 0. The summed E-state index contributed by atoms with van der Waals surface area (Å²) in [5.41, 5.74) is 1.77. The second-order valence-corrected chi connectivity index (χ2v) is 4.44. The van der Waals surface area contributed by atoms with E-state index in [0.29, 0.717) is 23.5 Å². The van der Waals surface area contributed by atoms with E-state index in [2.05, 4.69) is 15.3 Å². The van der Waals surface area contributed by atoms with Crippen LogP contribution < -0.4 is 10.1 Å². The van der Waals surface area contributed by atoms with Crippen molar-refractivity contribution in [2.45, 2.75) is 12.8 Å². The van der Waals surface area contributed by atoms with Gasteiger partial charge in [0.2, 0.25) is 5.95 Å². The molecule has 0 bridgehead atoms. The SMILES string of the molecule is CCOc1ccc(Nc2ncc(Cl)cn2)cc1CCl. The highest BCUT2D eigenvalue weighted by atomic mass is 35.5. The monoisotopic (exact) mass is 297 g/mol. The summed E-state index contributed by atoms with van der Waals surface area (Å²) >= 11 is 11.6. The zero-order chi connectivity index (χ0) is 13.7. The van der Waals surface area contributed by atoms with E-state index < -0.39 is 0 Å². The molecule has 0 fully saturated rings. The average molecular weight is 298 g/mol. The Balaban J connectivity index is 2.18. The van der Waals surface area contributed by atoms with Gasteiger partial charge in [-0.25, -0.2) is 9.97 Å². The number of hydrogen-bond acceptors (Lipinski definition) is 4. The van der Waals surface area contributed by atoms with Crippen LogP contribution in [0.15, 0.2) is 30.6 Å². The normalized spacial score (nSPS) is 10.3. The Kier molecular flexibility index (Phi) is 4.82. The third kappa shape index (κ3) is 3.72. The largest absolute Gasteiger partial charge is 0.494 e. The maximum Gasteiger partial charge on any atom is 0.227 e. The Morgan fingerprint density at radius 2 is 2.00 bits per heavy atom. The van der Waals surface area contributed by atoms with Gasteiger partial charge in [-0.05, 0) is 25.1 Å². The standard InChI is InChI=1S/C13H13Cl2N3O/c1-2-19-12-4-3-11(5-9(12)6-14)18-13-16-7-10(15)8-17-13/h3-5,7-8H,2,6H2,1H3,(H,16,17,18). The van der Waals surface area contributed by atoms with Gasteiger partial charge in [0.25, 0.3) is 0 Å². The minimum atomic E-state index is 0.381. The van der Waals surface area contributed by atoms with E-state index in [-0.39, 0.29) is 0 Å². The van der Waals surface area contributed by atoms with Crippen LogP contribution in [0, 0.1) is 0 Å². The molecule has 0 amide bonds. The van der Waals surface area contributed by atoms with Gasteiger partial charge in [0, 0.05) is 11.3 Å². The van der Waals surface area contributed by atoms with Crippen LogP contribution in [-0.2, 0) is 5.88 Å². The molecule has 0 atom stereocenters. The molecule has 2 rings (SSSR count). The van der Waals surface area contributed by atoms with Crippen molar-refractivity contribution in [3.63, 3.8) is 0 Å². The van der Waals surface area contributed by atoms with Crippen molar-refractivity contribution in [3.8, 4) is 5.75 Å². The fourth-order valence-corrected chi connectivity index (χ4v) is 1.87. The highest BCUT2D eigenvalue weighted by Crippen LogP contribution is 2.25. The fourth-order valence-electron chi connectivity index (χ4n) is 1.56. The highest BCUT2D eigenvalue weighted by Gasteiger charge is 2.05. The quantitative estimate of drug-likeness (QED) is 0.847. The first-order chi connectivity index (χ1) is 9.22. The van der Waals surface area contributed by atoms with Crippen LogP contribution >= 0.6 is 23.2 Å². The minimum absolute atomic E-state index is 0.381. The topological polar surface area (TPSA) is 47.0 Å². The lowest BCUT2D eigenvalue weighted by molar-refractivity contribution is 0.337. The first-order valence-electron chi connectivity index (χ1n) is 5.79. The molecule has 0 aliphatic carbocycles. The molecule has 0 radical (unpaired) electrons. The molecule has 6 heteroatoms. The van der Waals surface area contributed by atoms with Crippen molar-refractivity contribution in [2.24, 2.45) is 0 Å². The Labute approximate surface area is 121 Å². The second kappa shape index (κ2) is 6.59. The zero-order valence-corrected chi connectivity index (χ0v) is 11.9. The lowest BCUT2D eigenvalue weighted by Crippen LogP contribution is -1.99. The van der Waals surface area contributed by atoms with E-state index in [1.807, 2.05) is 25.1 Å². The summed E-state index contributed by atoms with van der Waals surface area (Å²) < 4.78 is 5.49. The van der Waals surface area contributed by atoms with Gasteiger partial charge in [-0.15, -0.1) is 11.6 Å². The van der Waals surface area contributed by atoms with Crippen LogP contribution in [0.4, 0.5) is 11.6 Å². The molecule has 0 spiro atoms. The van der Waals surface area contributed by atoms with Crippen molar-refractivity contribution >= 4 is 34.8 Å². The molecule has 0 aliphatic rings. The van der Waals surface area contributed by atoms with Crippen molar-refractivity contribution in [1.29, 1.82) is 0 Å². The highest BCUT2D eigenvalue weighted by molar-refractivity contribution is 6.30. The van der Waals surface area contributed by atoms with Crippen molar-refractivity contribution in [1.82, 2.24) is 9.97 Å². The second-order valence-electron chi connectivity index (χ2n) is 3.74. The lowest BCUT2D eigenvalue weighted by Gasteiger charge is -2.11. The van der Waals surface area contributed by atoms with Gasteiger partial charge in [0.1, 0.15) is 5.75 Å². The molecular weight excluding hydrogens is 285 g/mol. The number of anilines is 2. The van der Waals surface area contributed by atoms with E-state index in [0.717, 1.165) is 17.0 Å². The van der Waals surface area contributed by atoms with Crippen molar-refractivity contribution in [2.75, 3.05) is 11.9 Å². The number of rotatable bonds is 5. The van der Waals surface area contributed by atoms with Crippen LogP contribution in [0.3, 0.4) is 0 Å². The van der Waals surface area contributed by atoms with E-state index >= 15 is 0 Å². The van der Waals surface area contributed by atoms with Crippen LogP contribution in [-0.4, -0.2) is 16.6 Å². The number of halogens is 2. The smallest absolute Gasteiger partial charge is 0.227 e. The summed E-state index contributed by atoms with van der Waals surface area (Å²) in [6, 6.07) is 5.68. The van der Waals surface area contributed by atoms with Crippen LogP contribution in [0.25, 0.3) is 0 Å². The number of alkyl halides is 1. The molecule has 0 saturated carbocycles. The summed E-state index contributed by atoms with van der Waals surface area (Å²) in [5, 5.41) is 3.58. The molecule has 1 aromatic carbocycles. The molecule has 4 nitrogen and oxygen atoms in total. The molecule has 1 aromatic heterocycles. The maximum absolute atomic E-state index is 5.91. The van der Waals surface area contributed by atoms with Crippen molar-refractivity contribution in [3.05, 3.63) is 41.2 Å². The number of nitrogens with one attached hydrogen (secondary N) is 1. The number of aromatic nitrogens is 2. The average Bonchev–Trinajstić information content (AvgIpc) is 2.43. The van der Waals surface area contributed by atoms with Gasteiger partial charge in [-0.1, -0.05) is 11.6 Å². The molecule has 2 aromatic rings. The van der Waals surface area contributed by atoms with Gasteiger partial charge in [-0.2, -0.15) is 0 Å². The first kappa shape index (κ1) is 13.9. The van der Waals surface area contributed by atoms with Crippen LogP contribution in [0.5, 0.6) is 5.75 Å². The molecule has 0 aliphatic heterocycles. The molecule has 100 valence electrons. The number of ether oxygens (including phenoxy) is 1. The van der Waals surface area contributed by atoms with E-state index in [4.69, 9.17) is 27.9 Å². The first-order valence-corrected chi connectivity index (χ1v) is 6.70. The van der Waals surface area contributed by atoms with Gasteiger partial charge in [0.05, 0.1) is 29.9 Å². The predicted octanol–water partition coefficient (Wildman–Crippen LogP) is 4.01. The molecule has 1 N–H and O–H groups in total. The van der Waals surface area contributed by atoms with Gasteiger partial charge in [0.15, 0.2) is 0 Å². The Bertz CT molecular complexity index is 546. The Morgan fingerprint density at radius 1 is 1.26 bits per heavy atom. The summed E-state index contributed by atoms with van der Waals surface area (Å²) in [5.74, 6) is 1.65. The molecule has 0 saturated heterocycles. The molecular formula is C13H13Cl2N3O. The Morgan fingerprint density at radius 3 is 2.63 bits per heavy atom. The number of nitrogens with zero attached hydrogens (tertiary/aromatic N) is 2. The van der Waals surface area contributed by atoms with Crippen molar-refractivity contribution < 1.29 is 4.74 Å². The maximum atomic E-state index is 5.91. The number of benzene rings is 1. The molecule has 0 unspecified atom stereocenters. The predicted molar refractivity (Wildman–Crippen MR) is 77.5 cm³/mol. The third-order valence-corrected chi connectivity index (χ3v) is 2.86. The van der Waals surface area contributed by atoms with Gasteiger partial charge >= 0.3 is 0 Å². The summed E-state index contributed by atoms with van der Waals surface area (Å²) in [6.07, 6.45) is 3.07. The summed E-state index contributed by atoms with van der Waals surface area (Å²) in [6.45, 7) is 2.54. The third-order valence-electron chi connectivity index (χ3n) is 2.38. The number of hydrogen-bond donors (Lipinski definition) is 1. The minimum Gasteiger partial charge on any atom is -0.494 e. The molecule has 1 heterocycles. The zero-order valence-electron chi connectivity index (χ0n) is 10.4. The Hall–Kier alpha value is -1.52. The fraction of sp³-hybridized carbons (Fsp3) is 0.231. The lowest BCUT2D eigenvalue weighted by atomic mass is 10.2. The summed E-state index contributed by atoms with van der Waals surface area (Å²) in [4.78, 5) is 8.14. The van der Waals surface area contributed by atoms with E-state index in [1.54, 1.807) is 0 Å². The van der Waals surface area contributed by atoms with E-state index in [9.17, 15) is 0 Å². The van der Waals surface area contributed by atoms with Gasteiger partial charge in [-0.3, -0.25) is 0 Å².